The molecule has 1 N–H and O–H groups in total. The molecule has 1 aliphatic carbocycles. The lowest BCUT2D eigenvalue weighted by molar-refractivity contribution is 0.0768. The first-order chi connectivity index (χ1) is 9.52. The monoisotopic (exact) mass is 281 g/mol. The van der Waals surface area contributed by atoms with Crippen molar-refractivity contribution in [2.75, 3.05) is 39.8 Å². The summed E-state index contributed by atoms with van der Waals surface area (Å²) in [7, 11) is 2.34. The molecule has 3 nitrogen and oxygen atoms in total. The summed E-state index contributed by atoms with van der Waals surface area (Å²) in [4.78, 5) is 5.26. The largest absolute Gasteiger partial charge is 0.313 e. The molecule has 2 rings (SSSR count). The molecule has 1 heterocycles. The molecule has 3 heteroatoms. The number of likely N-dealkylation sites (tertiary alicyclic amines) is 1. The fraction of sp³-hybridized carbons (Fsp3) is 1.00. The average molecular weight is 281 g/mol. The van der Waals surface area contributed by atoms with E-state index in [1.165, 1.54) is 58.3 Å². The summed E-state index contributed by atoms with van der Waals surface area (Å²) in [6.45, 7) is 13.3. The summed E-state index contributed by atoms with van der Waals surface area (Å²) in [5, 5.41) is 3.73. The van der Waals surface area contributed by atoms with E-state index in [0.29, 0.717) is 17.5 Å². The van der Waals surface area contributed by atoms with Gasteiger partial charge in [-0.05, 0) is 64.2 Å². The molecule has 2 atom stereocenters. The molecule has 0 spiro atoms. The van der Waals surface area contributed by atoms with Crippen LogP contribution in [0.3, 0.4) is 0 Å². The van der Waals surface area contributed by atoms with Crippen LogP contribution in [-0.2, 0) is 0 Å². The minimum atomic E-state index is 0.512. The molecule has 0 aromatic rings. The van der Waals surface area contributed by atoms with Crippen molar-refractivity contribution in [1.82, 2.24) is 15.1 Å². The van der Waals surface area contributed by atoms with Crippen LogP contribution in [0.1, 0.15) is 52.9 Å². The van der Waals surface area contributed by atoms with E-state index >= 15 is 0 Å². The second-order valence-corrected chi connectivity index (χ2v) is 7.67. The summed E-state index contributed by atoms with van der Waals surface area (Å²) in [6, 6.07) is 1.40. The first kappa shape index (κ1) is 16.3. The molecule has 20 heavy (non-hydrogen) atoms. The molecular weight excluding hydrogens is 246 g/mol. The predicted octanol–water partition coefficient (Wildman–Crippen LogP) is 2.57. The summed E-state index contributed by atoms with van der Waals surface area (Å²) in [5.41, 5.74) is 0.512. The molecule has 2 fully saturated rings. The maximum Gasteiger partial charge on any atom is 0.0251 e. The highest BCUT2D eigenvalue weighted by Gasteiger charge is 2.36. The normalized spacial score (nSPS) is 31.1. The molecule has 0 amide bonds. The summed E-state index contributed by atoms with van der Waals surface area (Å²) in [6.07, 6.45) is 6.84. The van der Waals surface area contributed by atoms with Crippen LogP contribution in [0.25, 0.3) is 0 Å². The fourth-order valence-corrected chi connectivity index (χ4v) is 3.98. The topological polar surface area (TPSA) is 18.5 Å². The molecule has 0 aromatic heterocycles. The SMILES string of the molecule is CCNC1CCC(C)(C)CC1N(C)CCN1CCCC1. The van der Waals surface area contributed by atoms with E-state index < -0.39 is 0 Å². The Hall–Kier alpha value is -0.120. The molecule has 2 unspecified atom stereocenters. The summed E-state index contributed by atoms with van der Waals surface area (Å²) >= 11 is 0. The van der Waals surface area contributed by atoms with Crippen LogP contribution in [0.4, 0.5) is 0 Å². The maximum atomic E-state index is 3.73. The van der Waals surface area contributed by atoms with Gasteiger partial charge in [0.1, 0.15) is 0 Å². The highest BCUT2D eigenvalue weighted by Crippen LogP contribution is 2.37. The van der Waals surface area contributed by atoms with Gasteiger partial charge in [-0.3, -0.25) is 0 Å². The Morgan fingerprint density at radius 1 is 1.25 bits per heavy atom. The molecular formula is C17H35N3. The first-order valence-electron chi connectivity index (χ1n) is 8.68. The van der Waals surface area contributed by atoms with Gasteiger partial charge in [0.25, 0.3) is 0 Å². The minimum absolute atomic E-state index is 0.512. The molecule has 1 saturated heterocycles. The van der Waals surface area contributed by atoms with Gasteiger partial charge in [0.05, 0.1) is 0 Å². The quantitative estimate of drug-likeness (QED) is 0.807. The number of hydrogen-bond donors (Lipinski definition) is 1. The Morgan fingerprint density at radius 3 is 2.60 bits per heavy atom. The van der Waals surface area contributed by atoms with E-state index in [1.807, 2.05) is 0 Å². The molecule has 0 bridgehead atoms. The Bertz CT molecular complexity index is 284. The molecule has 118 valence electrons. The van der Waals surface area contributed by atoms with E-state index in [9.17, 15) is 0 Å². The van der Waals surface area contributed by atoms with Crippen molar-refractivity contribution in [3.63, 3.8) is 0 Å². The van der Waals surface area contributed by atoms with E-state index in [0.717, 1.165) is 6.54 Å². The van der Waals surface area contributed by atoms with Gasteiger partial charge in [0.15, 0.2) is 0 Å². The van der Waals surface area contributed by atoms with Crippen molar-refractivity contribution >= 4 is 0 Å². The highest BCUT2D eigenvalue weighted by atomic mass is 15.2. The van der Waals surface area contributed by atoms with Crippen LogP contribution in [0.5, 0.6) is 0 Å². The highest BCUT2D eigenvalue weighted by molar-refractivity contribution is 4.93. The lowest BCUT2D eigenvalue weighted by Crippen LogP contribution is -2.54. The van der Waals surface area contributed by atoms with Crippen molar-refractivity contribution in [3.05, 3.63) is 0 Å². The second kappa shape index (κ2) is 7.24. The van der Waals surface area contributed by atoms with Crippen LogP contribution in [0, 0.1) is 5.41 Å². The van der Waals surface area contributed by atoms with E-state index in [4.69, 9.17) is 0 Å². The van der Waals surface area contributed by atoms with Crippen LogP contribution in [0.15, 0.2) is 0 Å². The molecule has 0 aromatic carbocycles. The van der Waals surface area contributed by atoms with Crippen molar-refractivity contribution < 1.29 is 0 Å². The predicted molar refractivity (Wildman–Crippen MR) is 87.2 cm³/mol. The first-order valence-corrected chi connectivity index (χ1v) is 8.68. The van der Waals surface area contributed by atoms with Crippen LogP contribution in [0.2, 0.25) is 0 Å². The lowest BCUT2D eigenvalue weighted by atomic mass is 9.72. The van der Waals surface area contributed by atoms with Gasteiger partial charge in [-0.1, -0.05) is 20.8 Å². The third kappa shape index (κ3) is 4.44. The van der Waals surface area contributed by atoms with Crippen molar-refractivity contribution in [2.45, 2.75) is 65.0 Å². The zero-order valence-corrected chi connectivity index (χ0v) is 14.1. The Balaban J connectivity index is 1.86. The molecule has 1 saturated carbocycles. The number of rotatable bonds is 6. The van der Waals surface area contributed by atoms with Gasteiger partial charge in [-0.2, -0.15) is 0 Å². The van der Waals surface area contributed by atoms with Crippen LogP contribution >= 0.6 is 0 Å². The van der Waals surface area contributed by atoms with Gasteiger partial charge in [-0.15, -0.1) is 0 Å². The van der Waals surface area contributed by atoms with Crippen LogP contribution in [-0.4, -0.2) is 61.7 Å². The fourth-order valence-electron chi connectivity index (χ4n) is 3.98. The zero-order valence-electron chi connectivity index (χ0n) is 14.1. The molecule has 2 aliphatic rings. The number of nitrogens with one attached hydrogen (secondary N) is 1. The maximum absolute atomic E-state index is 3.73. The Morgan fingerprint density at radius 2 is 1.95 bits per heavy atom. The van der Waals surface area contributed by atoms with Crippen molar-refractivity contribution in [3.8, 4) is 0 Å². The van der Waals surface area contributed by atoms with E-state index in [2.05, 4.69) is 42.9 Å². The molecule has 1 aliphatic heterocycles. The number of likely N-dealkylation sites (N-methyl/N-ethyl adjacent to an activating group) is 2. The zero-order chi connectivity index (χ0) is 14.6. The average Bonchev–Trinajstić information content (AvgIpc) is 2.91. The van der Waals surface area contributed by atoms with Crippen LogP contribution < -0.4 is 5.32 Å². The van der Waals surface area contributed by atoms with E-state index in [-0.39, 0.29) is 0 Å². The van der Waals surface area contributed by atoms with Crippen molar-refractivity contribution in [1.29, 1.82) is 0 Å². The van der Waals surface area contributed by atoms with Crippen molar-refractivity contribution in [2.24, 2.45) is 5.41 Å². The lowest BCUT2D eigenvalue weighted by Gasteiger charge is -2.45. The minimum Gasteiger partial charge on any atom is -0.313 e. The number of hydrogen-bond acceptors (Lipinski definition) is 3. The summed E-state index contributed by atoms with van der Waals surface area (Å²) in [5.74, 6) is 0. The van der Waals surface area contributed by atoms with Gasteiger partial charge < -0.3 is 15.1 Å². The Labute approximate surface area is 126 Å². The summed E-state index contributed by atoms with van der Waals surface area (Å²) < 4.78 is 0. The van der Waals surface area contributed by atoms with Gasteiger partial charge >= 0.3 is 0 Å². The van der Waals surface area contributed by atoms with Gasteiger partial charge in [-0.25, -0.2) is 0 Å². The second-order valence-electron chi connectivity index (χ2n) is 7.67. The Kier molecular flexibility index (Phi) is 5.88. The van der Waals surface area contributed by atoms with E-state index in [1.54, 1.807) is 0 Å². The van der Waals surface area contributed by atoms with Gasteiger partial charge in [0.2, 0.25) is 0 Å². The third-order valence-corrected chi connectivity index (χ3v) is 5.36. The number of nitrogens with zero attached hydrogens (tertiary/aromatic N) is 2. The molecule has 0 radical (unpaired) electrons. The van der Waals surface area contributed by atoms with Gasteiger partial charge in [0, 0.05) is 25.2 Å². The standard InChI is InChI=1S/C17H35N3/c1-5-18-15-8-9-17(2,3)14-16(15)19(4)12-13-20-10-6-7-11-20/h15-16,18H,5-14H2,1-4H3. The third-order valence-electron chi connectivity index (χ3n) is 5.36. The smallest absolute Gasteiger partial charge is 0.0251 e.